The van der Waals surface area contributed by atoms with Crippen molar-refractivity contribution in [3.8, 4) is 0 Å². The summed E-state index contributed by atoms with van der Waals surface area (Å²) in [4.78, 5) is 50.6. The summed E-state index contributed by atoms with van der Waals surface area (Å²) in [6.07, 6.45) is 2.37. The number of benzene rings is 1. The van der Waals surface area contributed by atoms with E-state index in [9.17, 15) is 24.3 Å². The smallest absolute Gasteiger partial charge is 0.326 e. The second kappa shape index (κ2) is 15.9. The maximum absolute atomic E-state index is 13.2. The number of carboxylic acid groups (broad SMARTS) is 1. The van der Waals surface area contributed by atoms with Crippen LogP contribution in [0.3, 0.4) is 0 Å². The van der Waals surface area contributed by atoms with Crippen LogP contribution in [0, 0.1) is 11.8 Å². The number of aliphatic carboxylic acids is 1. The van der Waals surface area contributed by atoms with Gasteiger partial charge >= 0.3 is 5.97 Å². The van der Waals surface area contributed by atoms with Gasteiger partial charge in [-0.1, -0.05) is 64.4 Å². The highest BCUT2D eigenvalue weighted by Gasteiger charge is 2.32. The zero-order valence-electron chi connectivity index (χ0n) is 21.8. The Balaban J connectivity index is 2.94. The minimum Gasteiger partial charge on any atom is -0.480 e. The van der Waals surface area contributed by atoms with Crippen molar-refractivity contribution < 1.29 is 24.3 Å². The van der Waals surface area contributed by atoms with Crippen LogP contribution in [-0.4, -0.2) is 59.5 Å². The minimum absolute atomic E-state index is 0.280. The quantitative estimate of drug-likeness (QED) is 0.181. The van der Waals surface area contributed by atoms with Crippen LogP contribution in [0.25, 0.3) is 0 Å². The fourth-order valence-electron chi connectivity index (χ4n) is 3.72. The number of unbranched alkanes of at least 4 members (excludes halogenated alkanes) is 1. The number of carbonyl (C=O) groups is 4. The molecule has 10 heteroatoms. The Bertz CT molecular complexity index is 848. The SMILES string of the molecule is CCC(C)C(NC(=O)C(CCCCN)NC(=O)C(NC(=O)C(N)Cc1ccccc1)C(C)C)C(=O)O. The number of carbonyl (C=O) groups excluding carboxylic acids is 3. The molecular weight excluding hydrogens is 462 g/mol. The Morgan fingerprint density at radius 1 is 0.889 bits per heavy atom. The average Bonchev–Trinajstić information content (AvgIpc) is 2.84. The molecule has 8 N–H and O–H groups in total. The van der Waals surface area contributed by atoms with Crippen LogP contribution in [0.4, 0.5) is 0 Å². The van der Waals surface area contributed by atoms with E-state index in [-0.39, 0.29) is 18.3 Å². The van der Waals surface area contributed by atoms with Crippen molar-refractivity contribution in [1.29, 1.82) is 0 Å². The molecule has 0 aliphatic heterocycles. The Kier molecular flexibility index (Phi) is 13.7. The Morgan fingerprint density at radius 2 is 1.50 bits per heavy atom. The van der Waals surface area contributed by atoms with E-state index in [1.54, 1.807) is 20.8 Å². The van der Waals surface area contributed by atoms with Gasteiger partial charge < -0.3 is 32.5 Å². The highest BCUT2D eigenvalue weighted by molar-refractivity contribution is 5.94. The topological polar surface area (TPSA) is 177 Å². The molecule has 36 heavy (non-hydrogen) atoms. The summed E-state index contributed by atoms with van der Waals surface area (Å²) in [6.45, 7) is 7.56. The summed E-state index contributed by atoms with van der Waals surface area (Å²) < 4.78 is 0. The number of hydrogen-bond donors (Lipinski definition) is 6. The molecule has 0 heterocycles. The second-order valence-electron chi connectivity index (χ2n) is 9.58. The number of nitrogens with one attached hydrogen (secondary N) is 3. The summed E-state index contributed by atoms with van der Waals surface area (Å²) in [7, 11) is 0. The third-order valence-electron chi connectivity index (χ3n) is 6.24. The minimum atomic E-state index is -1.13. The van der Waals surface area contributed by atoms with Crippen molar-refractivity contribution in [3.05, 3.63) is 35.9 Å². The average molecular weight is 506 g/mol. The Hall–Kier alpha value is -2.98. The third kappa shape index (κ3) is 10.3. The molecule has 0 fully saturated rings. The van der Waals surface area contributed by atoms with Crippen molar-refractivity contribution in [2.75, 3.05) is 6.54 Å². The standard InChI is InChI=1S/C26H43N5O5/c1-5-17(4)22(26(35)36)31-24(33)20(13-9-10-14-27)29-25(34)21(16(2)3)30-23(32)19(28)15-18-11-7-6-8-12-18/h6-8,11-12,16-17,19-22H,5,9-10,13-15,27-28H2,1-4H3,(H,29,34)(H,30,32)(H,31,33)(H,35,36). The maximum atomic E-state index is 13.2. The van der Waals surface area contributed by atoms with Gasteiger partial charge in [0, 0.05) is 0 Å². The van der Waals surface area contributed by atoms with Gasteiger partial charge in [-0.25, -0.2) is 4.79 Å². The molecule has 1 aromatic rings. The van der Waals surface area contributed by atoms with Crippen LogP contribution >= 0.6 is 0 Å². The molecule has 5 unspecified atom stereocenters. The molecule has 0 saturated carbocycles. The van der Waals surface area contributed by atoms with Crippen LogP contribution in [0.2, 0.25) is 0 Å². The number of carboxylic acids is 1. The molecule has 0 aromatic heterocycles. The van der Waals surface area contributed by atoms with Gasteiger partial charge in [-0.3, -0.25) is 14.4 Å². The molecule has 0 aliphatic rings. The lowest BCUT2D eigenvalue weighted by Gasteiger charge is -2.28. The molecule has 10 nitrogen and oxygen atoms in total. The monoisotopic (exact) mass is 505 g/mol. The lowest BCUT2D eigenvalue weighted by molar-refractivity contribution is -0.144. The van der Waals surface area contributed by atoms with Gasteiger partial charge in [0.15, 0.2) is 0 Å². The van der Waals surface area contributed by atoms with E-state index >= 15 is 0 Å². The number of amides is 3. The largest absolute Gasteiger partial charge is 0.480 e. The van der Waals surface area contributed by atoms with Gasteiger partial charge in [-0.2, -0.15) is 0 Å². The lowest BCUT2D eigenvalue weighted by Crippen LogP contribution is -2.59. The molecule has 0 spiro atoms. The van der Waals surface area contributed by atoms with Crippen LogP contribution in [0.1, 0.15) is 58.9 Å². The zero-order chi connectivity index (χ0) is 27.3. The molecule has 1 aromatic carbocycles. The van der Waals surface area contributed by atoms with Gasteiger partial charge in [0.2, 0.25) is 17.7 Å². The zero-order valence-corrected chi connectivity index (χ0v) is 21.8. The first-order chi connectivity index (χ1) is 17.0. The molecule has 0 radical (unpaired) electrons. The van der Waals surface area contributed by atoms with E-state index in [0.29, 0.717) is 32.2 Å². The fourth-order valence-corrected chi connectivity index (χ4v) is 3.72. The molecule has 0 saturated heterocycles. The summed E-state index contributed by atoms with van der Waals surface area (Å²) in [5.41, 5.74) is 12.5. The molecule has 3 amide bonds. The van der Waals surface area contributed by atoms with E-state index in [4.69, 9.17) is 11.5 Å². The molecule has 0 aliphatic carbocycles. The van der Waals surface area contributed by atoms with Crippen molar-refractivity contribution in [2.24, 2.45) is 23.3 Å². The summed E-state index contributed by atoms with van der Waals surface area (Å²) in [5, 5.41) is 17.5. The summed E-state index contributed by atoms with van der Waals surface area (Å²) in [6, 6.07) is 5.51. The molecular formula is C26H43N5O5. The van der Waals surface area contributed by atoms with E-state index in [0.717, 1.165) is 5.56 Å². The molecule has 1 rings (SSSR count). The van der Waals surface area contributed by atoms with Crippen molar-refractivity contribution in [2.45, 2.75) is 84.0 Å². The highest BCUT2D eigenvalue weighted by atomic mass is 16.4. The van der Waals surface area contributed by atoms with Crippen LogP contribution < -0.4 is 27.4 Å². The first kappa shape index (κ1) is 31.1. The van der Waals surface area contributed by atoms with Crippen LogP contribution in [0.5, 0.6) is 0 Å². The predicted molar refractivity (Wildman–Crippen MR) is 139 cm³/mol. The van der Waals surface area contributed by atoms with Crippen LogP contribution in [0.15, 0.2) is 30.3 Å². The maximum Gasteiger partial charge on any atom is 0.326 e. The predicted octanol–water partition coefficient (Wildman–Crippen LogP) is 0.927. The number of hydrogen-bond acceptors (Lipinski definition) is 6. The number of nitrogens with two attached hydrogens (primary N) is 2. The van der Waals surface area contributed by atoms with Crippen LogP contribution in [-0.2, 0) is 25.6 Å². The van der Waals surface area contributed by atoms with Crippen molar-refractivity contribution in [1.82, 2.24) is 16.0 Å². The molecule has 5 atom stereocenters. The first-order valence-electron chi connectivity index (χ1n) is 12.6. The Labute approximate surface area is 213 Å². The van der Waals surface area contributed by atoms with Crippen molar-refractivity contribution in [3.63, 3.8) is 0 Å². The van der Waals surface area contributed by atoms with Gasteiger partial charge in [-0.05, 0) is 49.6 Å². The van der Waals surface area contributed by atoms with Gasteiger partial charge in [0.05, 0.1) is 6.04 Å². The number of rotatable bonds is 16. The normalized spacial score (nSPS) is 15.3. The van der Waals surface area contributed by atoms with E-state index in [1.165, 1.54) is 0 Å². The lowest BCUT2D eigenvalue weighted by atomic mass is 9.98. The highest BCUT2D eigenvalue weighted by Crippen LogP contribution is 2.11. The Morgan fingerprint density at radius 3 is 2.03 bits per heavy atom. The van der Waals surface area contributed by atoms with E-state index in [2.05, 4.69) is 16.0 Å². The summed E-state index contributed by atoms with van der Waals surface area (Å²) in [5.74, 6) is -3.29. The fraction of sp³-hybridized carbons (Fsp3) is 0.615. The third-order valence-corrected chi connectivity index (χ3v) is 6.24. The van der Waals surface area contributed by atoms with Gasteiger partial charge in [0.25, 0.3) is 0 Å². The summed E-state index contributed by atoms with van der Waals surface area (Å²) >= 11 is 0. The first-order valence-corrected chi connectivity index (χ1v) is 12.6. The van der Waals surface area contributed by atoms with Crippen molar-refractivity contribution >= 4 is 23.7 Å². The molecule has 0 bridgehead atoms. The second-order valence-corrected chi connectivity index (χ2v) is 9.58. The van der Waals surface area contributed by atoms with E-state index in [1.807, 2.05) is 37.3 Å². The van der Waals surface area contributed by atoms with Gasteiger partial charge in [-0.15, -0.1) is 0 Å². The van der Waals surface area contributed by atoms with Gasteiger partial charge in [0.1, 0.15) is 18.1 Å². The molecule has 202 valence electrons. The van der Waals surface area contributed by atoms with E-state index < -0.39 is 47.9 Å².